The molecule has 96 valence electrons. The summed E-state index contributed by atoms with van der Waals surface area (Å²) in [5.74, 6) is 0.355. The fourth-order valence-corrected chi connectivity index (χ4v) is 2.82. The second-order valence-electron chi connectivity index (χ2n) is 3.77. The molecule has 2 rings (SSSR count). The number of aromatic nitrogens is 2. The third-order valence-corrected chi connectivity index (χ3v) is 4.00. The lowest BCUT2D eigenvalue weighted by molar-refractivity contribution is 0.330. The van der Waals surface area contributed by atoms with Gasteiger partial charge in [-0.15, -0.1) is 0 Å². The zero-order chi connectivity index (χ0) is 13.2. The molecular formula is C12H14N2O3S. The van der Waals surface area contributed by atoms with Crippen LogP contribution < -0.4 is 4.74 Å². The monoisotopic (exact) mass is 266 g/mol. The SMILES string of the molecule is CCOc1cc(C)ccc1S(=O)(=O)n1cccn1. The normalized spacial score (nSPS) is 11.4. The molecule has 18 heavy (non-hydrogen) atoms. The molecule has 0 unspecified atom stereocenters. The fraction of sp³-hybridized carbons (Fsp3) is 0.250. The van der Waals surface area contributed by atoms with Crippen molar-refractivity contribution in [2.75, 3.05) is 6.61 Å². The summed E-state index contributed by atoms with van der Waals surface area (Å²) >= 11 is 0. The Morgan fingerprint density at radius 1 is 1.39 bits per heavy atom. The van der Waals surface area contributed by atoms with Gasteiger partial charge in [0.25, 0.3) is 10.0 Å². The van der Waals surface area contributed by atoms with E-state index in [0.717, 1.165) is 9.65 Å². The molecule has 5 nitrogen and oxygen atoms in total. The van der Waals surface area contributed by atoms with Crippen LogP contribution in [0, 0.1) is 6.92 Å². The molecule has 0 radical (unpaired) electrons. The average Bonchev–Trinajstić information content (AvgIpc) is 2.83. The second kappa shape index (κ2) is 4.81. The first-order valence-corrected chi connectivity index (χ1v) is 6.98. The highest BCUT2D eigenvalue weighted by molar-refractivity contribution is 7.90. The quantitative estimate of drug-likeness (QED) is 0.847. The van der Waals surface area contributed by atoms with Crippen molar-refractivity contribution in [2.24, 2.45) is 0 Å². The van der Waals surface area contributed by atoms with Crippen LogP contribution in [-0.4, -0.2) is 24.2 Å². The van der Waals surface area contributed by atoms with Crippen LogP contribution >= 0.6 is 0 Å². The van der Waals surface area contributed by atoms with Gasteiger partial charge in [-0.3, -0.25) is 0 Å². The Labute approximate surface area is 106 Å². The number of hydrogen-bond acceptors (Lipinski definition) is 4. The van der Waals surface area contributed by atoms with Gasteiger partial charge >= 0.3 is 0 Å². The number of hydrogen-bond donors (Lipinski definition) is 0. The molecule has 0 fully saturated rings. The summed E-state index contributed by atoms with van der Waals surface area (Å²) in [4.78, 5) is 0.124. The predicted octanol–water partition coefficient (Wildman–Crippen LogP) is 1.83. The predicted molar refractivity (Wildman–Crippen MR) is 67.2 cm³/mol. The van der Waals surface area contributed by atoms with Gasteiger partial charge in [0.15, 0.2) is 0 Å². The third kappa shape index (κ3) is 2.24. The Morgan fingerprint density at radius 2 is 2.17 bits per heavy atom. The molecule has 0 aliphatic carbocycles. The van der Waals surface area contributed by atoms with Crippen LogP contribution in [0.2, 0.25) is 0 Å². The summed E-state index contributed by atoms with van der Waals surface area (Å²) in [5, 5.41) is 3.76. The summed E-state index contributed by atoms with van der Waals surface area (Å²) in [6.07, 6.45) is 2.82. The summed E-state index contributed by atoms with van der Waals surface area (Å²) in [5.41, 5.74) is 0.942. The number of benzene rings is 1. The maximum absolute atomic E-state index is 12.3. The van der Waals surface area contributed by atoms with Crippen LogP contribution in [0.3, 0.4) is 0 Å². The van der Waals surface area contributed by atoms with Gasteiger partial charge in [-0.05, 0) is 37.6 Å². The summed E-state index contributed by atoms with van der Waals surface area (Å²) in [6.45, 7) is 4.10. The van der Waals surface area contributed by atoms with Gasteiger partial charge in [0, 0.05) is 6.20 Å². The van der Waals surface area contributed by atoms with E-state index >= 15 is 0 Å². The first-order chi connectivity index (χ1) is 8.55. The Kier molecular flexibility index (Phi) is 3.38. The lowest BCUT2D eigenvalue weighted by atomic mass is 10.2. The molecule has 0 amide bonds. The number of rotatable bonds is 4. The highest BCUT2D eigenvalue weighted by Crippen LogP contribution is 2.26. The smallest absolute Gasteiger partial charge is 0.286 e. The minimum absolute atomic E-state index is 0.124. The summed E-state index contributed by atoms with van der Waals surface area (Å²) < 4.78 is 31.0. The zero-order valence-corrected chi connectivity index (χ0v) is 11.0. The van der Waals surface area contributed by atoms with Crippen LogP contribution in [0.1, 0.15) is 12.5 Å². The fourth-order valence-electron chi connectivity index (χ4n) is 1.59. The molecule has 2 aromatic rings. The molecule has 1 aromatic heterocycles. The molecule has 0 atom stereocenters. The molecule has 0 bridgehead atoms. The van der Waals surface area contributed by atoms with E-state index in [9.17, 15) is 8.42 Å². The topological polar surface area (TPSA) is 61.2 Å². The van der Waals surface area contributed by atoms with Crippen molar-refractivity contribution in [3.05, 3.63) is 42.2 Å². The largest absolute Gasteiger partial charge is 0.492 e. The van der Waals surface area contributed by atoms with Crippen LogP contribution in [0.5, 0.6) is 5.75 Å². The van der Waals surface area contributed by atoms with Crippen molar-refractivity contribution in [1.29, 1.82) is 0 Å². The van der Waals surface area contributed by atoms with E-state index in [4.69, 9.17) is 4.74 Å². The molecule has 0 aliphatic rings. The lowest BCUT2D eigenvalue weighted by Gasteiger charge is -2.11. The number of aryl methyl sites for hydroxylation is 1. The first kappa shape index (κ1) is 12.6. The van der Waals surface area contributed by atoms with Crippen LogP contribution in [0.25, 0.3) is 0 Å². The van der Waals surface area contributed by atoms with E-state index in [0.29, 0.717) is 12.4 Å². The maximum Gasteiger partial charge on any atom is 0.286 e. The standard InChI is InChI=1S/C12H14N2O3S/c1-3-17-11-9-10(2)5-6-12(11)18(15,16)14-8-4-7-13-14/h4-9H,3H2,1-2H3. The minimum atomic E-state index is -3.68. The van der Waals surface area contributed by atoms with Crippen molar-refractivity contribution in [3.8, 4) is 5.75 Å². The van der Waals surface area contributed by atoms with Crippen molar-refractivity contribution in [3.63, 3.8) is 0 Å². The first-order valence-electron chi connectivity index (χ1n) is 5.54. The van der Waals surface area contributed by atoms with E-state index < -0.39 is 10.0 Å². The molecule has 0 saturated carbocycles. The maximum atomic E-state index is 12.3. The number of ether oxygens (including phenoxy) is 1. The van der Waals surface area contributed by atoms with Crippen LogP contribution in [0.15, 0.2) is 41.6 Å². The van der Waals surface area contributed by atoms with E-state index in [2.05, 4.69) is 5.10 Å². The van der Waals surface area contributed by atoms with E-state index in [-0.39, 0.29) is 4.90 Å². The van der Waals surface area contributed by atoms with Gasteiger partial charge in [-0.2, -0.15) is 17.6 Å². The van der Waals surface area contributed by atoms with E-state index in [1.54, 1.807) is 18.2 Å². The number of nitrogens with zero attached hydrogens (tertiary/aromatic N) is 2. The Balaban J connectivity index is 2.57. The average molecular weight is 266 g/mol. The molecule has 6 heteroatoms. The minimum Gasteiger partial charge on any atom is -0.492 e. The highest BCUT2D eigenvalue weighted by Gasteiger charge is 2.22. The van der Waals surface area contributed by atoms with E-state index in [1.165, 1.54) is 18.5 Å². The molecular weight excluding hydrogens is 252 g/mol. The van der Waals surface area contributed by atoms with Gasteiger partial charge in [0.2, 0.25) is 0 Å². The Morgan fingerprint density at radius 3 is 2.78 bits per heavy atom. The Hall–Kier alpha value is -1.82. The van der Waals surface area contributed by atoms with Crippen molar-refractivity contribution in [1.82, 2.24) is 9.19 Å². The van der Waals surface area contributed by atoms with Crippen LogP contribution in [0.4, 0.5) is 0 Å². The van der Waals surface area contributed by atoms with Gasteiger partial charge in [0.05, 0.1) is 12.8 Å². The Bertz CT molecular complexity index is 633. The molecule has 0 aliphatic heterocycles. The molecule has 1 heterocycles. The summed E-state index contributed by atoms with van der Waals surface area (Å²) in [7, 11) is -3.68. The van der Waals surface area contributed by atoms with Crippen molar-refractivity contribution in [2.45, 2.75) is 18.7 Å². The van der Waals surface area contributed by atoms with Gasteiger partial charge in [-0.1, -0.05) is 6.07 Å². The lowest BCUT2D eigenvalue weighted by Crippen LogP contribution is -2.15. The molecule has 0 N–H and O–H groups in total. The van der Waals surface area contributed by atoms with Gasteiger partial charge in [0.1, 0.15) is 10.6 Å². The van der Waals surface area contributed by atoms with Crippen molar-refractivity contribution < 1.29 is 13.2 Å². The third-order valence-electron chi connectivity index (χ3n) is 2.40. The van der Waals surface area contributed by atoms with Crippen molar-refractivity contribution >= 4 is 10.0 Å². The van der Waals surface area contributed by atoms with Crippen LogP contribution in [-0.2, 0) is 10.0 Å². The summed E-state index contributed by atoms with van der Waals surface area (Å²) in [6, 6.07) is 6.54. The highest BCUT2D eigenvalue weighted by atomic mass is 32.2. The van der Waals surface area contributed by atoms with Gasteiger partial charge < -0.3 is 4.74 Å². The molecule has 0 saturated heterocycles. The van der Waals surface area contributed by atoms with E-state index in [1.807, 2.05) is 13.8 Å². The van der Waals surface area contributed by atoms with Gasteiger partial charge in [-0.25, -0.2) is 0 Å². The molecule has 0 spiro atoms. The molecule has 1 aromatic carbocycles. The zero-order valence-electron chi connectivity index (χ0n) is 10.2. The second-order valence-corrected chi connectivity index (χ2v) is 5.53.